The van der Waals surface area contributed by atoms with Gasteiger partial charge in [-0.25, -0.2) is 0 Å². The van der Waals surface area contributed by atoms with Crippen molar-refractivity contribution < 1.29 is 9.47 Å². The molecule has 2 fully saturated rings. The fourth-order valence-corrected chi connectivity index (χ4v) is 4.20. The van der Waals surface area contributed by atoms with Crippen LogP contribution in [0.25, 0.3) is 0 Å². The van der Waals surface area contributed by atoms with Crippen LogP contribution in [-0.4, -0.2) is 49.5 Å². The lowest BCUT2D eigenvalue weighted by Gasteiger charge is -2.38. The van der Waals surface area contributed by atoms with Gasteiger partial charge >= 0.3 is 0 Å². The van der Waals surface area contributed by atoms with Crippen molar-refractivity contribution in [3.05, 3.63) is 0 Å². The van der Waals surface area contributed by atoms with Gasteiger partial charge in [0.05, 0.1) is 12.2 Å². The first kappa shape index (κ1) is 15.6. The average Bonchev–Trinajstić information content (AvgIpc) is 2.81. The van der Waals surface area contributed by atoms with E-state index < -0.39 is 0 Å². The average molecular weight is 287 g/mol. The molecule has 1 spiro atoms. The van der Waals surface area contributed by atoms with E-state index in [2.05, 4.69) is 19.2 Å². The van der Waals surface area contributed by atoms with Crippen molar-refractivity contribution in [3.8, 4) is 0 Å². The largest absolute Gasteiger partial charge is 0.380 e. The number of hydrogen-bond donors (Lipinski definition) is 1. The van der Waals surface area contributed by atoms with Crippen molar-refractivity contribution >= 4 is 11.8 Å². The summed E-state index contributed by atoms with van der Waals surface area (Å²) < 4.78 is 11.7. The quantitative estimate of drug-likeness (QED) is 0.729. The minimum atomic E-state index is 0.194. The molecular formula is C15H29NO2S. The van der Waals surface area contributed by atoms with Crippen molar-refractivity contribution in [1.82, 2.24) is 5.32 Å². The van der Waals surface area contributed by atoms with E-state index in [-0.39, 0.29) is 5.60 Å². The van der Waals surface area contributed by atoms with Gasteiger partial charge < -0.3 is 14.8 Å². The van der Waals surface area contributed by atoms with E-state index in [0.717, 1.165) is 45.1 Å². The van der Waals surface area contributed by atoms with E-state index in [0.29, 0.717) is 6.04 Å². The third kappa shape index (κ3) is 5.25. The van der Waals surface area contributed by atoms with Crippen LogP contribution in [0.5, 0.6) is 0 Å². The molecule has 2 rings (SSSR count). The molecule has 2 aliphatic rings. The molecule has 1 N–H and O–H groups in total. The molecule has 4 heteroatoms. The number of ether oxygens (including phenoxy) is 2. The SMILES string of the molecule is CC(C)CCOCCNC1CCOC2(CCSC2)C1. The molecule has 0 aromatic carbocycles. The standard InChI is InChI=1S/C15H29NO2S/c1-13(2)3-7-17-9-6-16-14-4-8-18-15(11-14)5-10-19-12-15/h13-14,16H,3-12H2,1-2H3. The highest BCUT2D eigenvalue weighted by atomic mass is 32.2. The van der Waals surface area contributed by atoms with Crippen LogP contribution in [0.1, 0.15) is 39.5 Å². The van der Waals surface area contributed by atoms with Crippen LogP contribution >= 0.6 is 11.8 Å². The Morgan fingerprint density at radius 3 is 3.05 bits per heavy atom. The highest BCUT2D eigenvalue weighted by Gasteiger charge is 2.40. The first-order chi connectivity index (χ1) is 9.20. The van der Waals surface area contributed by atoms with Crippen LogP contribution in [0, 0.1) is 5.92 Å². The number of thioether (sulfide) groups is 1. The third-order valence-electron chi connectivity index (χ3n) is 4.08. The molecule has 0 radical (unpaired) electrons. The fraction of sp³-hybridized carbons (Fsp3) is 1.00. The summed E-state index contributed by atoms with van der Waals surface area (Å²) in [5, 5.41) is 3.65. The maximum absolute atomic E-state index is 6.04. The predicted molar refractivity (Wildman–Crippen MR) is 81.9 cm³/mol. The Labute approximate surface area is 122 Å². The molecule has 2 atom stereocenters. The topological polar surface area (TPSA) is 30.5 Å². The molecule has 0 amide bonds. The zero-order chi connectivity index (χ0) is 13.6. The lowest BCUT2D eigenvalue weighted by molar-refractivity contribution is -0.0706. The van der Waals surface area contributed by atoms with Gasteiger partial charge in [-0.1, -0.05) is 13.8 Å². The van der Waals surface area contributed by atoms with Crippen LogP contribution < -0.4 is 5.32 Å². The molecule has 2 aliphatic heterocycles. The van der Waals surface area contributed by atoms with E-state index in [1.165, 1.54) is 24.3 Å². The van der Waals surface area contributed by atoms with Crippen LogP contribution in [0.4, 0.5) is 0 Å². The fourth-order valence-electron chi connectivity index (χ4n) is 2.82. The molecule has 0 aromatic rings. The van der Waals surface area contributed by atoms with Crippen molar-refractivity contribution in [3.63, 3.8) is 0 Å². The zero-order valence-corrected chi connectivity index (χ0v) is 13.3. The lowest BCUT2D eigenvalue weighted by atomic mass is 9.90. The Bertz CT molecular complexity index is 255. The van der Waals surface area contributed by atoms with Gasteiger partial charge in [0, 0.05) is 31.6 Å². The molecule has 3 nitrogen and oxygen atoms in total. The van der Waals surface area contributed by atoms with E-state index in [4.69, 9.17) is 9.47 Å². The Balaban J connectivity index is 1.56. The predicted octanol–water partition coefficient (Wildman–Crippen LogP) is 2.69. The molecule has 19 heavy (non-hydrogen) atoms. The van der Waals surface area contributed by atoms with Crippen molar-refractivity contribution in [2.45, 2.75) is 51.2 Å². The second kappa shape index (κ2) is 7.87. The molecule has 2 heterocycles. The van der Waals surface area contributed by atoms with Crippen molar-refractivity contribution in [2.24, 2.45) is 5.92 Å². The second-order valence-electron chi connectivity index (χ2n) is 6.27. The summed E-state index contributed by atoms with van der Waals surface area (Å²) in [7, 11) is 0. The minimum absolute atomic E-state index is 0.194. The summed E-state index contributed by atoms with van der Waals surface area (Å²) in [6, 6.07) is 0.626. The van der Waals surface area contributed by atoms with E-state index in [1.54, 1.807) is 0 Å². The van der Waals surface area contributed by atoms with Crippen molar-refractivity contribution in [1.29, 1.82) is 0 Å². The summed E-state index contributed by atoms with van der Waals surface area (Å²) in [6.07, 6.45) is 4.74. The molecule has 0 bridgehead atoms. The molecule has 0 aliphatic carbocycles. The number of rotatable bonds is 7. The Morgan fingerprint density at radius 1 is 1.42 bits per heavy atom. The van der Waals surface area contributed by atoms with Crippen LogP contribution in [0.15, 0.2) is 0 Å². The second-order valence-corrected chi connectivity index (χ2v) is 7.38. The van der Waals surface area contributed by atoms with Gasteiger partial charge in [0.2, 0.25) is 0 Å². The normalized spacial score (nSPS) is 31.4. The van der Waals surface area contributed by atoms with E-state index >= 15 is 0 Å². The van der Waals surface area contributed by atoms with Gasteiger partial charge in [-0.15, -0.1) is 0 Å². The Hall–Kier alpha value is 0.230. The first-order valence-electron chi connectivity index (χ1n) is 7.73. The summed E-state index contributed by atoms with van der Waals surface area (Å²) in [4.78, 5) is 0. The number of hydrogen-bond acceptors (Lipinski definition) is 4. The Kier molecular flexibility index (Phi) is 6.46. The highest BCUT2D eigenvalue weighted by Crippen LogP contribution is 2.38. The molecule has 0 saturated carbocycles. The Morgan fingerprint density at radius 2 is 2.32 bits per heavy atom. The van der Waals surface area contributed by atoms with Crippen LogP contribution in [-0.2, 0) is 9.47 Å². The van der Waals surface area contributed by atoms with Gasteiger partial charge in [0.15, 0.2) is 0 Å². The van der Waals surface area contributed by atoms with Gasteiger partial charge in [-0.05, 0) is 37.4 Å². The maximum Gasteiger partial charge on any atom is 0.0795 e. The molecular weight excluding hydrogens is 258 g/mol. The van der Waals surface area contributed by atoms with Gasteiger partial charge in [0.25, 0.3) is 0 Å². The van der Waals surface area contributed by atoms with Gasteiger partial charge in [-0.2, -0.15) is 11.8 Å². The van der Waals surface area contributed by atoms with E-state index in [9.17, 15) is 0 Å². The molecule has 2 unspecified atom stereocenters. The highest BCUT2D eigenvalue weighted by molar-refractivity contribution is 7.99. The molecule has 2 saturated heterocycles. The lowest BCUT2D eigenvalue weighted by Crippen LogP contribution is -2.47. The van der Waals surface area contributed by atoms with Gasteiger partial charge in [0.1, 0.15) is 0 Å². The number of nitrogens with one attached hydrogen (secondary N) is 1. The maximum atomic E-state index is 6.04. The molecule has 112 valence electrons. The van der Waals surface area contributed by atoms with Crippen LogP contribution in [0.2, 0.25) is 0 Å². The monoisotopic (exact) mass is 287 g/mol. The summed E-state index contributed by atoms with van der Waals surface area (Å²) in [6.45, 7) is 8.11. The smallest absolute Gasteiger partial charge is 0.0795 e. The van der Waals surface area contributed by atoms with E-state index in [1.807, 2.05) is 11.8 Å². The zero-order valence-electron chi connectivity index (χ0n) is 12.5. The van der Waals surface area contributed by atoms with Gasteiger partial charge in [-0.3, -0.25) is 0 Å². The van der Waals surface area contributed by atoms with Crippen molar-refractivity contribution in [2.75, 3.05) is 37.9 Å². The summed E-state index contributed by atoms with van der Waals surface area (Å²) in [5.74, 6) is 3.20. The summed E-state index contributed by atoms with van der Waals surface area (Å²) >= 11 is 2.04. The first-order valence-corrected chi connectivity index (χ1v) is 8.88. The molecule has 0 aromatic heterocycles. The van der Waals surface area contributed by atoms with Crippen LogP contribution in [0.3, 0.4) is 0 Å². The third-order valence-corrected chi connectivity index (χ3v) is 5.30. The minimum Gasteiger partial charge on any atom is -0.380 e. The summed E-state index contributed by atoms with van der Waals surface area (Å²) in [5.41, 5.74) is 0.194.